The molecule has 1 atom stereocenters. The van der Waals surface area contributed by atoms with Gasteiger partial charge in [-0.1, -0.05) is 36.4 Å². The first kappa shape index (κ1) is 17.0. The Balaban J connectivity index is 1.68. The molecule has 0 aromatic heterocycles. The van der Waals surface area contributed by atoms with Crippen molar-refractivity contribution >= 4 is 17.6 Å². The van der Waals surface area contributed by atoms with Crippen molar-refractivity contribution in [3.05, 3.63) is 59.7 Å². The van der Waals surface area contributed by atoms with E-state index in [1.54, 1.807) is 13.0 Å². The summed E-state index contributed by atoms with van der Waals surface area (Å²) >= 11 is 0. The summed E-state index contributed by atoms with van der Waals surface area (Å²) in [5.74, 6) is 0.171. The van der Waals surface area contributed by atoms with Gasteiger partial charge >= 0.3 is 5.97 Å². The van der Waals surface area contributed by atoms with Crippen LogP contribution in [-0.4, -0.2) is 25.1 Å². The van der Waals surface area contributed by atoms with Crippen molar-refractivity contribution in [1.82, 2.24) is 0 Å². The average Bonchev–Trinajstić information content (AvgIpc) is 2.63. The van der Waals surface area contributed by atoms with Gasteiger partial charge in [-0.25, -0.2) is 0 Å². The van der Waals surface area contributed by atoms with Crippen LogP contribution < -0.4 is 10.1 Å². The average molecular weight is 339 g/mol. The third kappa shape index (κ3) is 4.18. The van der Waals surface area contributed by atoms with Crippen LogP contribution in [-0.2, 0) is 27.2 Å². The van der Waals surface area contributed by atoms with Crippen LogP contribution >= 0.6 is 0 Å². The molecule has 0 saturated carbocycles. The summed E-state index contributed by atoms with van der Waals surface area (Å²) in [5.41, 5.74) is 2.42. The highest BCUT2D eigenvalue weighted by atomic mass is 16.5. The van der Waals surface area contributed by atoms with Crippen LogP contribution in [0.4, 0.5) is 5.69 Å². The number of benzene rings is 2. The lowest BCUT2D eigenvalue weighted by Crippen LogP contribution is -2.32. The van der Waals surface area contributed by atoms with E-state index in [2.05, 4.69) is 5.32 Å². The first-order valence-electron chi connectivity index (χ1n) is 8.42. The highest BCUT2D eigenvalue weighted by Gasteiger charge is 2.26. The molecule has 1 heterocycles. The highest BCUT2D eigenvalue weighted by Crippen LogP contribution is 2.28. The maximum absolute atomic E-state index is 12.6. The van der Waals surface area contributed by atoms with Crippen LogP contribution in [0, 0.1) is 5.92 Å². The van der Waals surface area contributed by atoms with Crippen LogP contribution in [0.3, 0.4) is 0 Å². The van der Waals surface area contributed by atoms with E-state index in [0.717, 1.165) is 16.9 Å². The Bertz CT molecular complexity index is 772. The highest BCUT2D eigenvalue weighted by molar-refractivity contribution is 5.94. The van der Waals surface area contributed by atoms with Gasteiger partial charge < -0.3 is 14.8 Å². The van der Waals surface area contributed by atoms with E-state index >= 15 is 0 Å². The summed E-state index contributed by atoms with van der Waals surface area (Å²) in [7, 11) is 0. The third-order valence-electron chi connectivity index (χ3n) is 4.17. The molecule has 0 spiro atoms. The fourth-order valence-electron chi connectivity index (χ4n) is 2.90. The minimum Gasteiger partial charge on any atom is -0.492 e. The Labute approximate surface area is 147 Å². The molecular weight excluding hydrogens is 318 g/mol. The summed E-state index contributed by atoms with van der Waals surface area (Å²) in [6.07, 6.45) is 0.774. The smallest absolute Gasteiger partial charge is 0.310 e. The summed E-state index contributed by atoms with van der Waals surface area (Å²) in [6, 6.07) is 15.0. The van der Waals surface area contributed by atoms with Gasteiger partial charge in [-0.2, -0.15) is 0 Å². The lowest BCUT2D eigenvalue weighted by atomic mass is 9.96. The topological polar surface area (TPSA) is 64.6 Å². The van der Waals surface area contributed by atoms with Crippen LogP contribution in [0.1, 0.15) is 18.1 Å². The summed E-state index contributed by atoms with van der Waals surface area (Å²) in [5, 5.41) is 2.93. The molecule has 0 aliphatic carbocycles. The van der Waals surface area contributed by atoms with Crippen LogP contribution in [0.25, 0.3) is 0 Å². The van der Waals surface area contributed by atoms with E-state index in [9.17, 15) is 9.59 Å². The second-order valence-electron chi connectivity index (χ2n) is 5.95. The largest absolute Gasteiger partial charge is 0.492 e. The third-order valence-corrected chi connectivity index (χ3v) is 4.17. The summed E-state index contributed by atoms with van der Waals surface area (Å²) in [4.78, 5) is 24.4. The van der Waals surface area contributed by atoms with E-state index in [-0.39, 0.29) is 24.2 Å². The molecule has 1 aliphatic heterocycles. The molecule has 130 valence electrons. The molecule has 1 aliphatic rings. The second-order valence-corrected chi connectivity index (χ2v) is 5.95. The number of esters is 1. The quantitative estimate of drug-likeness (QED) is 0.851. The second kappa shape index (κ2) is 7.83. The maximum atomic E-state index is 12.6. The van der Waals surface area contributed by atoms with E-state index < -0.39 is 0 Å². The predicted octanol–water partition coefficient (Wildman–Crippen LogP) is 2.98. The van der Waals surface area contributed by atoms with E-state index in [4.69, 9.17) is 9.47 Å². The number of amides is 1. The number of nitrogens with one attached hydrogen (secondary N) is 1. The number of anilines is 1. The van der Waals surface area contributed by atoms with Crippen molar-refractivity contribution in [3.8, 4) is 5.75 Å². The van der Waals surface area contributed by atoms with Crippen LogP contribution in [0.15, 0.2) is 48.5 Å². The normalized spacial score (nSPS) is 15.6. The zero-order valence-corrected chi connectivity index (χ0v) is 14.2. The molecule has 0 saturated heterocycles. The standard InChI is InChI=1S/C20H21NO4/c1-2-24-19(22)12-14-7-3-5-9-17(14)21-20(23)16-11-15-8-4-6-10-18(15)25-13-16/h3-10,16H,2,11-13H2,1H3,(H,21,23)/t16-/m0/s1. The molecule has 5 heteroatoms. The maximum Gasteiger partial charge on any atom is 0.310 e. The predicted molar refractivity (Wildman–Crippen MR) is 94.5 cm³/mol. The van der Waals surface area contributed by atoms with Crippen molar-refractivity contribution in [2.45, 2.75) is 19.8 Å². The monoisotopic (exact) mass is 339 g/mol. The van der Waals surface area contributed by atoms with E-state index in [0.29, 0.717) is 25.3 Å². The lowest BCUT2D eigenvalue weighted by molar-refractivity contribution is -0.142. The molecule has 2 aromatic carbocycles. The van der Waals surface area contributed by atoms with Crippen molar-refractivity contribution in [1.29, 1.82) is 0 Å². The van der Waals surface area contributed by atoms with Gasteiger partial charge in [0.1, 0.15) is 12.4 Å². The number of carbonyl (C=O) groups is 2. The summed E-state index contributed by atoms with van der Waals surface area (Å²) in [6.45, 7) is 2.46. The molecule has 0 bridgehead atoms. The molecule has 0 unspecified atom stereocenters. The first-order valence-corrected chi connectivity index (χ1v) is 8.42. The Morgan fingerprint density at radius 2 is 1.92 bits per heavy atom. The van der Waals surface area contributed by atoms with Crippen molar-refractivity contribution < 1.29 is 19.1 Å². The molecule has 1 N–H and O–H groups in total. The number of ether oxygens (including phenoxy) is 2. The number of para-hydroxylation sites is 2. The van der Waals surface area contributed by atoms with Crippen LogP contribution in [0.2, 0.25) is 0 Å². The van der Waals surface area contributed by atoms with Gasteiger partial charge in [0.25, 0.3) is 0 Å². The van der Waals surface area contributed by atoms with E-state index in [1.165, 1.54) is 0 Å². The number of rotatable bonds is 5. The van der Waals surface area contributed by atoms with Crippen molar-refractivity contribution in [2.24, 2.45) is 5.92 Å². The van der Waals surface area contributed by atoms with Crippen LogP contribution in [0.5, 0.6) is 5.75 Å². The van der Waals surface area contributed by atoms with Gasteiger partial charge in [0.15, 0.2) is 0 Å². The molecule has 25 heavy (non-hydrogen) atoms. The van der Waals surface area contributed by atoms with Gasteiger partial charge in [-0.3, -0.25) is 9.59 Å². The van der Waals surface area contributed by atoms with Gasteiger partial charge in [-0.15, -0.1) is 0 Å². The molecule has 0 radical (unpaired) electrons. The minimum absolute atomic E-state index is 0.106. The Kier molecular flexibility index (Phi) is 5.33. The number of carbonyl (C=O) groups excluding carboxylic acids is 2. The Morgan fingerprint density at radius 3 is 2.76 bits per heavy atom. The zero-order valence-electron chi connectivity index (χ0n) is 14.2. The zero-order chi connectivity index (χ0) is 17.6. The fourth-order valence-corrected chi connectivity index (χ4v) is 2.90. The minimum atomic E-state index is -0.306. The molecule has 5 nitrogen and oxygen atoms in total. The SMILES string of the molecule is CCOC(=O)Cc1ccccc1NC(=O)[C@@H]1COc2ccccc2C1. The van der Waals surface area contributed by atoms with Gasteiger partial charge in [-0.05, 0) is 36.6 Å². The van der Waals surface area contributed by atoms with Gasteiger partial charge in [0.05, 0.1) is 18.9 Å². The fraction of sp³-hybridized carbons (Fsp3) is 0.300. The number of fused-ring (bicyclic) bond motifs is 1. The molecule has 1 amide bonds. The van der Waals surface area contributed by atoms with Crippen molar-refractivity contribution in [2.75, 3.05) is 18.5 Å². The molecular formula is C20H21NO4. The molecule has 3 rings (SSSR count). The number of hydrogen-bond acceptors (Lipinski definition) is 4. The first-order chi connectivity index (χ1) is 12.2. The lowest BCUT2D eigenvalue weighted by Gasteiger charge is -2.24. The molecule has 2 aromatic rings. The van der Waals surface area contributed by atoms with Gasteiger partial charge in [0.2, 0.25) is 5.91 Å². The molecule has 0 fully saturated rings. The Hall–Kier alpha value is -2.82. The van der Waals surface area contributed by atoms with E-state index in [1.807, 2.05) is 42.5 Å². The van der Waals surface area contributed by atoms with Gasteiger partial charge in [0, 0.05) is 5.69 Å². The summed E-state index contributed by atoms with van der Waals surface area (Å²) < 4.78 is 10.7. The van der Waals surface area contributed by atoms with Crippen molar-refractivity contribution in [3.63, 3.8) is 0 Å². The number of hydrogen-bond donors (Lipinski definition) is 1. The Morgan fingerprint density at radius 1 is 1.16 bits per heavy atom.